The third-order valence-electron chi connectivity index (χ3n) is 4.39. The van der Waals surface area contributed by atoms with E-state index in [0.717, 1.165) is 0 Å². The van der Waals surface area contributed by atoms with Crippen molar-refractivity contribution < 1.29 is 0 Å². The van der Waals surface area contributed by atoms with E-state index in [1.165, 1.54) is 43.1 Å². The quantitative estimate of drug-likeness (QED) is 0.226. The molecule has 0 aromatic heterocycles. The normalized spacial score (nSPS) is 11.4. The molecule has 0 saturated carbocycles. The fraction of sp³-hybridized carbons (Fsp3) is 0. The maximum atomic E-state index is 2.25. The van der Waals surface area contributed by atoms with Gasteiger partial charge in [0.25, 0.3) is 0 Å². The van der Waals surface area contributed by atoms with Crippen molar-refractivity contribution >= 4 is 54.1 Å². The first-order valence-corrected chi connectivity index (χ1v) is 6.98. The average Bonchev–Trinajstić information content (AvgIpc) is 2.53. The van der Waals surface area contributed by atoms with Crippen LogP contribution in [0.5, 0.6) is 0 Å². The van der Waals surface area contributed by atoms with Crippen molar-refractivity contribution in [2.45, 2.75) is 0 Å². The third kappa shape index (κ3) is 1.49. The van der Waals surface area contributed by atoms with Crippen molar-refractivity contribution in [3.63, 3.8) is 0 Å². The smallest absolute Gasteiger partial charge is 0.00203 e. The van der Waals surface area contributed by atoms with Gasteiger partial charge in [-0.3, -0.25) is 0 Å². The Morgan fingerprint density at radius 2 is 0.810 bits per heavy atom. The van der Waals surface area contributed by atoms with Crippen molar-refractivity contribution in [1.82, 2.24) is 0 Å². The van der Waals surface area contributed by atoms with E-state index in [9.17, 15) is 0 Å². The molecule has 0 N–H and O–H groups in total. The van der Waals surface area contributed by atoms with Gasteiger partial charge in [-0.1, -0.05) is 72.8 Å². The van der Waals surface area contributed by atoms with Gasteiger partial charge >= 0.3 is 0 Å². The van der Waals surface area contributed by atoms with Crippen molar-refractivity contribution in [3.05, 3.63) is 72.8 Å². The third-order valence-corrected chi connectivity index (χ3v) is 4.39. The minimum absolute atomic E-state index is 0. The maximum Gasteiger partial charge on any atom is -0.00203 e. The van der Waals surface area contributed by atoms with Gasteiger partial charge in [0.1, 0.15) is 0 Å². The van der Waals surface area contributed by atoms with Gasteiger partial charge in [-0.2, -0.15) is 0 Å². The Balaban J connectivity index is 0.00000115. The molecule has 0 amide bonds. The lowest BCUT2D eigenvalue weighted by atomic mass is 9.89. The summed E-state index contributed by atoms with van der Waals surface area (Å²) in [5.41, 5.74) is 0. The van der Waals surface area contributed by atoms with E-state index < -0.39 is 0 Å². The van der Waals surface area contributed by atoms with Crippen LogP contribution in [-0.4, -0.2) is 11.0 Å². The van der Waals surface area contributed by atoms with Gasteiger partial charge in [0.2, 0.25) is 0 Å². The van der Waals surface area contributed by atoms with Crippen LogP contribution in [0, 0.1) is 0 Å². The highest BCUT2D eigenvalue weighted by molar-refractivity contribution is 6.33. The zero-order valence-corrected chi connectivity index (χ0v) is 10.9. The fourth-order valence-corrected chi connectivity index (χ4v) is 3.56. The van der Waals surface area contributed by atoms with Gasteiger partial charge in [-0.25, -0.2) is 0 Å². The van der Waals surface area contributed by atoms with E-state index in [2.05, 4.69) is 72.8 Å². The largest absolute Gasteiger partial charge is 0.0616 e. The average molecular weight is 284 g/mol. The van der Waals surface area contributed by atoms with Crippen LogP contribution in [0.4, 0.5) is 0 Å². The van der Waals surface area contributed by atoms with Crippen LogP contribution >= 0.6 is 0 Å². The lowest BCUT2D eigenvalue weighted by Crippen LogP contribution is -1.86. The molecule has 0 spiro atoms. The van der Waals surface area contributed by atoms with Gasteiger partial charge < -0.3 is 0 Å². The molecule has 0 radical (unpaired) electrons. The predicted molar refractivity (Wildman–Crippen MR) is 99.0 cm³/mol. The molecule has 0 fully saturated rings. The summed E-state index contributed by atoms with van der Waals surface area (Å²) in [6, 6.07) is 26.4. The van der Waals surface area contributed by atoms with E-state index in [1.54, 1.807) is 0 Å². The van der Waals surface area contributed by atoms with E-state index in [4.69, 9.17) is 0 Å². The summed E-state index contributed by atoms with van der Waals surface area (Å²) in [5.74, 6) is 0. The van der Waals surface area contributed by atoms with Crippen LogP contribution in [0.3, 0.4) is 0 Å². The molecule has 5 aromatic carbocycles. The van der Waals surface area contributed by atoms with Gasteiger partial charge in [-0.05, 0) is 54.1 Å². The lowest BCUT2D eigenvalue weighted by molar-refractivity contribution is 1.78. The van der Waals surface area contributed by atoms with E-state index in [-0.39, 0.29) is 11.0 Å². The molecular formula is C20H16Si. The Morgan fingerprint density at radius 3 is 1.29 bits per heavy atom. The Labute approximate surface area is 127 Å². The molecular weight excluding hydrogens is 268 g/mol. The lowest BCUT2D eigenvalue weighted by Gasteiger charge is -2.14. The molecule has 21 heavy (non-hydrogen) atoms. The predicted octanol–water partition coefficient (Wildman–Crippen LogP) is 4.29. The van der Waals surface area contributed by atoms with Crippen molar-refractivity contribution in [2.75, 3.05) is 0 Å². The Kier molecular flexibility index (Phi) is 2.53. The number of benzene rings is 5. The standard InChI is InChI=1S/C20H12.H4Si/c1-2-8-16-15(7-1)17-9-3-5-13-11-12-14-6-4-10-18(16)20(14)19(13)17;/h1-12H;1H4. The van der Waals surface area contributed by atoms with Crippen LogP contribution in [-0.2, 0) is 0 Å². The minimum Gasteiger partial charge on any atom is -0.0616 e. The van der Waals surface area contributed by atoms with Crippen molar-refractivity contribution in [1.29, 1.82) is 0 Å². The molecule has 1 heteroatoms. The fourth-order valence-electron chi connectivity index (χ4n) is 3.56. The van der Waals surface area contributed by atoms with Crippen LogP contribution < -0.4 is 0 Å². The van der Waals surface area contributed by atoms with Gasteiger partial charge in [0.05, 0.1) is 0 Å². The topological polar surface area (TPSA) is 0 Å². The summed E-state index contributed by atoms with van der Waals surface area (Å²) >= 11 is 0. The summed E-state index contributed by atoms with van der Waals surface area (Å²) in [7, 11) is 0. The summed E-state index contributed by atoms with van der Waals surface area (Å²) in [5, 5.41) is 10.9. The molecule has 0 heterocycles. The minimum atomic E-state index is 0. The van der Waals surface area contributed by atoms with Crippen LogP contribution in [0.25, 0.3) is 43.1 Å². The molecule has 0 saturated heterocycles. The first-order valence-electron chi connectivity index (χ1n) is 6.98. The van der Waals surface area contributed by atoms with Gasteiger partial charge in [0, 0.05) is 0 Å². The number of rotatable bonds is 0. The highest BCUT2D eigenvalue weighted by Crippen LogP contribution is 2.40. The highest BCUT2D eigenvalue weighted by Gasteiger charge is 2.11. The first-order chi connectivity index (χ1) is 9.93. The molecule has 5 aromatic rings. The van der Waals surface area contributed by atoms with Gasteiger partial charge in [0.15, 0.2) is 0 Å². The van der Waals surface area contributed by atoms with E-state index >= 15 is 0 Å². The highest BCUT2D eigenvalue weighted by atomic mass is 28.1. The van der Waals surface area contributed by atoms with E-state index in [1.807, 2.05) is 0 Å². The first kappa shape index (κ1) is 12.4. The molecule has 0 aliphatic heterocycles. The Morgan fingerprint density at radius 1 is 0.381 bits per heavy atom. The second-order valence-electron chi connectivity index (χ2n) is 5.42. The van der Waals surface area contributed by atoms with Crippen LogP contribution in [0.2, 0.25) is 0 Å². The monoisotopic (exact) mass is 284 g/mol. The second-order valence-corrected chi connectivity index (χ2v) is 5.42. The summed E-state index contributed by atoms with van der Waals surface area (Å²) in [4.78, 5) is 0. The Hall–Kier alpha value is -2.38. The van der Waals surface area contributed by atoms with Crippen molar-refractivity contribution in [3.8, 4) is 0 Å². The molecule has 100 valence electrons. The van der Waals surface area contributed by atoms with Crippen LogP contribution in [0.15, 0.2) is 72.8 Å². The number of hydrogen-bond donors (Lipinski definition) is 0. The number of fused-ring (bicyclic) bond motifs is 3. The maximum absolute atomic E-state index is 2.25. The second kappa shape index (κ2) is 4.30. The molecule has 0 bridgehead atoms. The summed E-state index contributed by atoms with van der Waals surface area (Å²) in [6.07, 6.45) is 0. The molecule has 0 unspecified atom stereocenters. The van der Waals surface area contributed by atoms with Crippen LogP contribution in [0.1, 0.15) is 0 Å². The summed E-state index contributed by atoms with van der Waals surface area (Å²) in [6.45, 7) is 0. The molecule has 5 rings (SSSR count). The molecule has 0 aliphatic carbocycles. The van der Waals surface area contributed by atoms with Gasteiger partial charge in [-0.15, -0.1) is 0 Å². The molecule has 0 aliphatic rings. The summed E-state index contributed by atoms with van der Waals surface area (Å²) < 4.78 is 0. The SMILES string of the molecule is [SiH4].c1ccc2c(c1)c1cccc3ccc4cccc2c4c31. The number of hydrogen-bond acceptors (Lipinski definition) is 0. The molecule has 0 nitrogen and oxygen atoms in total. The van der Waals surface area contributed by atoms with E-state index in [0.29, 0.717) is 0 Å². The molecule has 0 atom stereocenters. The van der Waals surface area contributed by atoms with Crippen molar-refractivity contribution in [2.24, 2.45) is 0 Å². The Bertz CT molecular complexity index is 1000. The zero-order chi connectivity index (χ0) is 13.1. The zero-order valence-electron chi connectivity index (χ0n) is 10.9.